The van der Waals surface area contributed by atoms with Gasteiger partial charge in [0.1, 0.15) is 11.6 Å². The molecule has 0 aliphatic carbocycles. The van der Waals surface area contributed by atoms with Gasteiger partial charge in [0.2, 0.25) is 0 Å². The largest absolute Gasteiger partial charge is 0.494 e. The van der Waals surface area contributed by atoms with E-state index in [4.69, 9.17) is 10.00 Å². The summed E-state index contributed by atoms with van der Waals surface area (Å²) in [6.07, 6.45) is 0.464. The van der Waals surface area contributed by atoms with E-state index in [0.29, 0.717) is 18.6 Å². The van der Waals surface area contributed by atoms with Gasteiger partial charge in [-0.05, 0) is 25.1 Å². The number of aryl methyl sites for hydroxylation is 1. The quantitative estimate of drug-likeness (QED) is 0.814. The minimum atomic E-state index is -0.485. The molecule has 0 aliphatic heterocycles. The van der Waals surface area contributed by atoms with Crippen LogP contribution in [0.4, 0.5) is 4.39 Å². The van der Waals surface area contributed by atoms with Crippen molar-refractivity contribution in [1.82, 2.24) is 0 Å². The van der Waals surface area contributed by atoms with Crippen LogP contribution in [0, 0.1) is 24.1 Å². The minimum Gasteiger partial charge on any atom is -0.494 e. The van der Waals surface area contributed by atoms with Gasteiger partial charge in [-0.2, -0.15) is 5.26 Å². The third-order valence-corrected chi connectivity index (χ3v) is 3.13. The molecule has 0 saturated carbocycles. The lowest BCUT2D eigenvalue weighted by Crippen LogP contribution is -2.06. The molecule has 102 valence electrons. The Hall–Kier alpha value is -2.34. The molecule has 1 unspecified atom stereocenters. The van der Waals surface area contributed by atoms with Gasteiger partial charge in [-0.25, -0.2) is 4.39 Å². The van der Waals surface area contributed by atoms with E-state index in [0.717, 1.165) is 5.75 Å². The molecule has 0 aromatic heterocycles. The molecular weight excluding hydrogens is 253 g/mol. The third-order valence-electron chi connectivity index (χ3n) is 3.13. The summed E-state index contributed by atoms with van der Waals surface area (Å²) in [5.41, 5.74) is 1.60. The van der Waals surface area contributed by atoms with Crippen molar-refractivity contribution >= 4 is 0 Å². The van der Waals surface area contributed by atoms with Crippen LogP contribution in [0.15, 0.2) is 48.5 Å². The number of benzene rings is 2. The fourth-order valence-corrected chi connectivity index (χ4v) is 1.98. The van der Waals surface area contributed by atoms with E-state index in [-0.39, 0.29) is 5.82 Å². The van der Waals surface area contributed by atoms with Crippen molar-refractivity contribution in [2.75, 3.05) is 6.61 Å². The van der Waals surface area contributed by atoms with Crippen molar-refractivity contribution in [3.63, 3.8) is 0 Å². The molecular formula is C17H16FNO. The third kappa shape index (κ3) is 3.58. The van der Waals surface area contributed by atoms with Gasteiger partial charge in [0.05, 0.1) is 18.6 Å². The molecule has 0 radical (unpaired) electrons. The average Bonchev–Trinajstić information content (AvgIpc) is 2.47. The molecule has 2 rings (SSSR count). The molecule has 0 heterocycles. The predicted molar refractivity (Wildman–Crippen MR) is 76.0 cm³/mol. The van der Waals surface area contributed by atoms with Gasteiger partial charge < -0.3 is 4.74 Å². The van der Waals surface area contributed by atoms with E-state index >= 15 is 0 Å². The SMILES string of the molecule is Cc1ccc(OCCC(C#N)c2ccccc2F)cc1. The summed E-state index contributed by atoms with van der Waals surface area (Å²) in [7, 11) is 0. The molecule has 0 bridgehead atoms. The normalized spacial score (nSPS) is 11.7. The van der Waals surface area contributed by atoms with Crippen LogP contribution in [0.5, 0.6) is 5.75 Å². The molecule has 1 atom stereocenters. The predicted octanol–water partition coefficient (Wildman–Crippen LogP) is 4.21. The zero-order valence-corrected chi connectivity index (χ0v) is 11.3. The van der Waals surface area contributed by atoms with Crippen LogP contribution in [0.25, 0.3) is 0 Å². The van der Waals surface area contributed by atoms with Gasteiger partial charge in [0, 0.05) is 12.0 Å². The number of ether oxygens (including phenoxy) is 1. The molecule has 2 aromatic rings. The smallest absolute Gasteiger partial charge is 0.127 e. The highest BCUT2D eigenvalue weighted by atomic mass is 19.1. The monoisotopic (exact) mass is 269 g/mol. The Bertz CT molecular complexity index is 601. The summed E-state index contributed by atoms with van der Waals surface area (Å²) in [4.78, 5) is 0. The topological polar surface area (TPSA) is 33.0 Å². The van der Waals surface area contributed by atoms with E-state index < -0.39 is 5.92 Å². The molecule has 0 spiro atoms. The van der Waals surface area contributed by atoms with Crippen LogP contribution < -0.4 is 4.74 Å². The Balaban J connectivity index is 1.94. The second-order valence-electron chi connectivity index (χ2n) is 4.65. The summed E-state index contributed by atoms with van der Waals surface area (Å²) >= 11 is 0. The number of hydrogen-bond acceptors (Lipinski definition) is 2. The highest BCUT2D eigenvalue weighted by Crippen LogP contribution is 2.22. The first-order valence-corrected chi connectivity index (χ1v) is 6.54. The van der Waals surface area contributed by atoms with E-state index in [1.807, 2.05) is 31.2 Å². The Labute approximate surface area is 118 Å². The maximum absolute atomic E-state index is 13.6. The Morgan fingerprint density at radius 2 is 1.85 bits per heavy atom. The summed E-state index contributed by atoms with van der Waals surface area (Å²) < 4.78 is 19.2. The molecule has 3 heteroatoms. The summed E-state index contributed by atoms with van der Waals surface area (Å²) in [5.74, 6) is -0.0585. The van der Waals surface area contributed by atoms with Gasteiger partial charge in [-0.1, -0.05) is 35.9 Å². The molecule has 2 aromatic carbocycles. The van der Waals surface area contributed by atoms with Crippen molar-refractivity contribution in [3.05, 3.63) is 65.5 Å². The van der Waals surface area contributed by atoms with Gasteiger partial charge in [-0.15, -0.1) is 0 Å². The molecule has 0 aliphatic rings. The van der Waals surface area contributed by atoms with Gasteiger partial charge in [0.25, 0.3) is 0 Å². The molecule has 0 N–H and O–H groups in total. The minimum absolute atomic E-state index is 0.339. The number of hydrogen-bond donors (Lipinski definition) is 0. The first-order valence-electron chi connectivity index (χ1n) is 6.54. The van der Waals surface area contributed by atoms with Crippen molar-refractivity contribution in [2.24, 2.45) is 0 Å². The first-order chi connectivity index (χ1) is 9.70. The fraction of sp³-hybridized carbons (Fsp3) is 0.235. The molecule has 2 nitrogen and oxygen atoms in total. The highest BCUT2D eigenvalue weighted by molar-refractivity contribution is 5.27. The van der Waals surface area contributed by atoms with Crippen LogP contribution >= 0.6 is 0 Å². The second-order valence-corrected chi connectivity index (χ2v) is 4.65. The maximum Gasteiger partial charge on any atom is 0.127 e. The average molecular weight is 269 g/mol. The van der Waals surface area contributed by atoms with Crippen molar-refractivity contribution in [2.45, 2.75) is 19.3 Å². The number of nitrogens with zero attached hydrogens (tertiary/aromatic N) is 1. The Kier molecular flexibility index (Phi) is 4.73. The summed E-state index contributed by atoms with van der Waals surface area (Å²) in [6.45, 7) is 2.39. The second kappa shape index (κ2) is 6.72. The number of halogens is 1. The lowest BCUT2D eigenvalue weighted by atomic mass is 9.97. The number of nitriles is 1. The van der Waals surface area contributed by atoms with Gasteiger partial charge >= 0.3 is 0 Å². The maximum atomic E-state index is 13.6. The zero-order chi connectivity index (χ0) is 14.4. The van der Waals surface area contributed by atoms with Crippen LogP contribution in [-0.2, 0) is 0 Å². The van der Waals surface area contributed by atoms with Gasteiger partial charge in [-0.3, -0.25) is 0 Å². The van der Waals surface area contributed by atoms with Gasteiger partial charge in [0.15, 0.2) is 0 Å². The van der Waals surface area contributed by atoms with Crippen LogP contribution in [0.1, 0.15) is 23.5 Å². The fourth-order valence-electron chi connectivity index (χ4n) is 1.98. The van der Waals surface area contributed by atoms with Crippen LogP contribution in [0.3, 0.4) is 0 Å². The Morgan fingerprint density at radius 3 is 2.50 bits per heavy atom. The molecule has 0 amide bonds. The van der Waals surface area contributed by atoms with Crippen molar-refractivity contribution in [3.8, 4) is 11.8 Å². The standard InChI is InChI=1S/C17H16FNO/c1-13-6-8-15(9-7-13)20-11-10-14(12-19)16-4-2-3-5-17(16)18/h2-9,14H,10-11H2,1H3. The molecule has 0 fully saturated rings. The van der Waals surface area contributed by atoms with E-state index in [2.05, 4.69) is 6.07 Å². The van der Waals surface area contributed by atoms with Crippen molar-refractivity contribution < 1.29 is 9.13 Å². The van der Waals surface area contributed by atoms with E-state index in [1.54, 1.807) is 18.2 Å². The van der Waals surface area contributed by atoms with Crippen LogP contribution in [-0.4, -0.2) is 6.61 Å². The lowest BCUT2D eigenvalue weighted by Gasteiger charge is -2.11. The van der Waals surface area contributed by atoms with Crippen molar-refractivity contribution in [1.29, 1.82) is 5.26 Å². The lowest BCUT2D eigenvalue weighted by molar-refractivity contribution is 0.305. The van der Waals surface area contributed by atoms with E-state index in [1.165, 1.54) is 11.6 Å². The summed E-state index contributed by atoms with van der Waals surface area (Å²) in [6, 6.07) is 16.2. The first kappa shape index (κ1) is 14.1. The zero-order valence-electron chi connectivity index (χ0n) is 11.3. The molecule has 20 heavy (non-hydrogen) atoms. The van der Waals surface area contributed by atoms with Crippen LogP contribution in [0.2, 0.25) is 0 Å². The van der Waals surface area contributed by atoms with E-state index in [9.17, 15) is 4.39 Å². The summed E-state index contributed by atoms with van der Waals surface area (Å²) in [5, 5.41) is 9.17. The Morgan fingerprint density at radius 1 is 1.15 bits per heavy atom. The number of rotatable bonds is 5. The highest BCUT2D eigenvalue weighted by Gasteiger charge is 2.14. The molecule has 0 saturated heterocycles.